The summed E-state index contributed by atoms with van der Waals surface area (Å²) in [5.74, 6) is 0.476. The summed E-state index contributed by atoms with van der Waals surface area (Å²) in [6.45, 7) is 2.25. The smallest absolute Gasteiger partial charge is 0.125 e. The van der Waals surface area contributed by atoms with Crippen LogP contribution in [0, 0.1) is 12.7 Å². The third-order valence-corrected chi connectivity index (χ3v) is 2.82. The van der Waals surface area contributed by atoms with Gasteiger partial charge in [-0.3, -0.25) is 0 Å². The molecule has 0 saturated carbocycles. The number of benzene rings is 2. The number of hydrogen-bond donors (Lipinski definition) is 2. The average Bonchev–Trinajstić information content (AvgIpc) is 2.36. The monoisotopic (exact) mass is 261 g/mol. The largest absolute Gasteiger partial charge is 0.507 e. The molecule has 0 bridgehead atoms. The second kappa shape index (κ2) is 5.61. The van der Waals surface area contributed by atoms with Gasteiger partial charge < -0.3 is 15.2 Å². The van der Waals surface area contributed by atoms with E-state index in [0.717, 1.165) is 11.1 Å². The van der Waals surface area contributed by atoms with Crippen LogP contribution in [0.25, 0.3) is 0 Å². The van der Waals surface area contributed by atoms with Crippen LogP contribution in [-0.2, 0) is 6.54 Å². The highest BCUT2D eigenvalue weighted by Gasteiger charge is 2.04. The molecule has 0 aliphatic carbocycles. The van der Waals surface area contributed by atoms with Crippen molar-refractivity contribution < 1.29 is 14.2 Å². The first-order valence-electron chi connectivity index (χ1n) is 5.95. The molecule has 2 rings (SSSR count). The van der Waals surface area contributed by atoms with E-state index in [1.54, 1.807) is 25.3 Å². The van der Waals surface area contributed by atoms with Crippen molar-refractivity contribution in [3.05, 3.63) is 53.3 Å². The standard InChI is InChI=1S/C15H16FNO2/c1-10-5-12(16)7-13(6-10)17-9-11-3-4-14(19-2)8-15(11)18/h3-8,17-18H,9H2,1-2H3. The fourth-order valence-corrected chi connectivity index (χ4v) is 1.86. The Balaban J connectivity index is 2.10. The predicted molar refractivity (Wildman–Crippen MR) is 73.1 cm³/mol. The minimum atomic E-state index is -0.276. The molecule has 2 aromatic rings. The van der Waals surface area contributed by atoms with E-state index in [9.17, 15) is 9.50 Å². The molecule has 0 saturated heterocycles. The van der Waals surface area contributed by atoms with Crippen LogP contribution in [0.4, 0.5) is 10.1 Å². The number of methoxy groups -OCH3 is 1. The van der Waals surface area contributed by atoms with Crippen molar-refractivity contribution in [2.24, 2.45) is 0 Å². The minimum Gasteiger partial charge on any atom is -0.507 e. The van der Waals surface area contributed by atoms with Crippen molar-refractivity contribution >= 4 is 5.69 Å². The summed E-state index contributed by atoms with van der Waals surface area (Å²) in [4.78, 5) is 0. The molecule has 0 amide bonds. The fourth-order valence-electron chi connectivity index (χ4n) is 1.86. The molecule has 0 radical (unpaired) electrons. The number of phenolic OH excluding ortho intramolecular Hbond substituents is 1. The lowest BCUT2D eigenvalue weighted by atomic mass is 10.1. The maximum atomic E-state index is 13.2. The van der Waals surface area contributed by atoms with Gasteiger partial charge in [-0.25, -0.2) is 4.39 Å². The van der Waals surface area contributed by atoms with Gasteiger partial charge in [-0.2, -0.15) is 0 Å². The summed E-state index contributed by atoms with van der Waals surface area (Å²) in [6.07, 6.45) is 0. The molecule has 3 nitrogen and oxygen atoms in total. The molecule has 0 aromatic heterocycles. The Morgan fingerprint density at radius 1 is 1.21 bits per heavy atom. The van der Waals surface area contributed by atoms with E-state index in [4.69, 9.17) is 4.74 Å². The molecule has 0 fully saturated rings. The molecular formula is C15H16FNO2. The molecular weight excluding hydrogens is 245 g/mol. The number of halogens is 1. The van der Waals surface area contributed by atoms with Gasteiger partial charge in [0.25, 0.3) is 0 Å². The predicted octanol–water partition coefficient (Wildman–Crippen LogP) is 3.46. The number of phenols is 1. The van der Waals surface area contributed by atoms with Crippen molar-refractivity contribution in [2.75, 3.05) is 12.4 Å². The molecule has 4 heteroatoms. The molecule has 0 atom stereocenters. The number of ether oxygens (including phenoxy) is 1. The first-order valence-corrected chi connectivity index (χ1v) is 5.95. The van der Waals surface area contributed by atoms with Crippen LogP contribution in [0.5, 0.6) is 11.5 Å². The Morgan fingerprint density at radius 3 is 2.63 bits per heavy atom. The third kappa shape index (κ3) is 3.37. The molecule has 0 aliphatic rings. The second-order valence-corrected chi connectivity index (χ2v) is 4.37. The van der Waals surface area contributed by atoms with E-state index in [1.165, 1.54) is 12.1 Å². The van der Waals surface area contributed by atoms with Crippen molar-refractivity contribution in [3.63, 3.8) is 0 Å². The Hall–Kier alpha value is -2.23. The number of nitrogens with one attached hydrogen (secondary N) is 1. The zero-order chi connectivity index (χ0) is 13.8. The first-order chi connectivity index (χ1) is 9.08. The molecule has 2 N–H and O–H groups in total. The van der Waals surface area contributed by atoms with Crippen LogP contribution in [0.1, 0.15) is 11.1 Å². The van der Waals surface area contributed by atoms with E-state index in [0.29, 0.717) is 18.0 Å². The molecule has 0 aliphatic heterocycles. The van der Waals surface area contributed by atoms with Gasteiger partial charge in [0.2, 0.25) is 0 Å². The van der Waals surface area contributed by atoms with Gasteiger partial charge >= 0.3 is 0 Å². The summed E-state index contributed by atoms with van der Waals surface area (Å²) in [6, 6.07) is 9.84. The topological polar surface area (TPSA) is 41.5 Å². The maximum Gasteiger partial charge on any atom is 0.125 e. The summed E-state index contributed by atoms with van der Waals surface area (Å²) in [5, 5.41) is 12.9. The van der Waals surface area contributed by atoms with Gasteiger partial charge in [-0.05, 0) is 42.8 Å². The van der Waals surface area contributed by atoms with Crippen LogP contribution in [0.3, 0.4) is 0 Å². The van der Waals surface area contributed by atoms with Gasteiger partial charge in [0, 0.05) is 23.9 Å². The Morgan fingerprint density at radius 2 is 2.00 bits per heavy atom. The summed E-state index contributed by atoms with van der Waals surface area (Å²) < 4.78 is 18.2. The van der Waals surface area contributed by atoms with E-state index in [-0.39, 0.29) is 11.6 Å². The number of aryl methyl sites for hydroxylation is 1. The average molecular weight is 261 g/mol. The summed E-state index contributed by atoms with van der Waals surface area (Å²) >= 11 is 0. The van der Waals surface area contributed by atoms with Crippen molar-refractivity contribution in [2.45, 2.75) is 13.5 Å². The van der Waals surface area contributed by atoms with Crippen molar-refractivity contribution in [3.8, 4) is 11.5 Å². The molecule has 0 heterocycles. The van der Waals surface area contributed by atoms with Crippen LogP contribution >= 0.6 is 0 Å². The SMILES string of the molecule is COc1ccc(CNc2cc(C)cc(F)c2)c(O)c1. The highest BCUT2D eigenvalue weighted by atomic mass is 19.1. The quantitative estimate of drug-likeness (QED) is 0.885. The molecule has 100 valence electrons. The molecule has 2 aromatic carbocycles. The van der Waals surface area contributed by atoms with E-state index in [2.05, 4.69) is 5.32 Å². The molecule has 19 heavy (non-hydrogen) atoms. The number of hydrogen-bond acceptors (Lipinski definition) is 3. The van der Waals surface area contributed by atoms with Crippen LogP contribution in [0.15, 0.2) is 36.4 Å². The van der Waals surface area contributed by atoms with Gasteiger partial charge in [0.05, 0.1) is 7.11 Å². The van der Waals surface area contributed by atoms with Crippen LogP contribution in [0.2, 0.25) is 0 Å². The summed E-state index contributed by atoms with van der Waals surface area (Å²) in [5.41, 5.74) is 2.26. The van der Waals surface area contributed by atoms with Crippen LogP contribution < -0.4 is 10.1 Å². The Kier molecular flexibility index (Phi) is 3.90. The fraction of sp³-hybridized carbons (Fsp3) is 0.200. The van der Waals surface area contributed by atoms with Gasteiger partial charge in [0.15, 0.2) is 0 Å². The van der Waals surface area contributed by atoms with Gasteiger partial charge in [0.1, 0.15) is 17.3 Å². The number of aromatic hydroxyl groups is 1. The molecule has 0 spiro atoms. The number of anilines is 1. The molecule has 0 unspecified atom stereocenters. The highest BCUT2D eigenvalue weighted by molar-refractivity contribution is 5.48. The lowest BCUT2D eigenvalue weighted by Gasteiger charge is -2.10. The van der Waals surface area contributed by atoms with E-state index >= 15 is 0 Å². The summed E-state index contributed by atoms with van der Waals surface area (Å²) in [7, 11) is 1.54. The van der Waals surface area contributed by atoms with E-state index < -0.39 is 0 Å². The second-order valence-electron chi connectivity index (χ2n) is 4.37. The Bertz CT molecular complexity index is 564. The third-order valence-electron chi connectivity index (χ3n) is 2.82. The van der Waals surface area contributed by atoms with Crippen LogP contribution in [-0.4, -0.2) is 12.2 Å². The lowest BCUT2D eigenvalue weighted by Crippen LogP contribution is -2.00. The zero-order valence-corrected chi connectivity index (χ0v) is 10.9. The van der Waals surface area contributed by atoms with Gasteiger partial charge in [-0.15, -0.1) is 0 Å². The van der Waals surface area contributed by atoms with Gasteiger partial charge in [-0.1, -0.05) is 0 Å². The van der Waals surface area contributed by atoms with E-state index in [1.807, 2.05) is 13.0 Å². The van der Waals surface area contributed by atoms with Crippen molar-refractivity contribution in [1.82, 2.24) is 0 Å². The zero-order valence-electron chi connectivity index (χ0n) is 10.9. The lowest BCUT2D eigenvalue weighted by molar-refractivity contribution is 0.406. The minimum absolute atomic E-state index is 0.153. The number of rotatable bonds is 4. The highest BCUT2D eigenvalue weighted by Crippen LogP contribution is 2.24. The maximum absolute atomic E-state index is 13.2. The normalized spacial score (nSPS) is 10.3. The first kappa shape index (κ1) is 13.2. The Labute approximate surface area is 111 Å². The van der Waals surface area contributed by atoms with Crippen molar-refractivity contribution in [1.29, 1.82) is 0 Å².